The monoisotopic (exact) mass is 363 g/mol. The number of rotatable bonds is 4. The lowest BCUT2D eigenvalue weighted by Crippen LogP contribution is -2.24. The fourth-order valence-corrected chi connectivity index (χ4v) is 3.60. The number of nitro groups is 1. The minimum atomic E-state index is -0.442. The highest BCUT2D eigenvalue weighted by Crippen LogP contribution is 2.29. The molecule has 0 aliphatic carbocycles. The Labute approximate surface area is 152 Å². The van der Waals surface area contributed by atoms with Crippen LogP contribution in [0.1, 0.15) is 4.88 Å². The van der Waals surface area contributed by atoms with Gasteiger partial charge in [0.1, 0.15) is 0 Å². The minimum Gasteiger partial charge on any atom is -0.287 e. The maximum atomic E-state index is 12.7. The van der Waals surface area contributed by atoms with Crippen LogP contribution in [0.25, 0.3) is 22.2 Å². The summed E-state index contributed by atoms with van der Waals surface area (Å²) in [6.07, 6.45) is 0. The van der Waals surface area contributed by atoms with Gasteiger partial charge in [-0.05, 0) is 17.5 Å². The van der Waals surface area contributed by atoms with Crippen LogP contribution in [0.4, 0.5) is 5.69 Å². The van der Waals surface area contributed by atoms with Crippen molar-refractivity contribution >= 4 is 27.9 Å². The second-order valence-electron chi connectivity index (χ2n) is 5.73. The van der Waals surface area contributed by atoms with E-state index in [-0.39, 0.29) is 11.4 Å². The fraction of sp³-hybridized carbons (Fsp3) is 0.0526. The van der Waals surface area contributed by atoms with Gasteiger partial charge in [0.15, 0.2) is 0 Å². The zero-order valence-corrected chi connectivity index (χ0v) is 14.3. The van der Waals surface area contributed by atoms with E-state index in [9.17, 15) is 14.9 Å². The van der Waals surface area contributed by atoms with Gasteiger partial charge in [0, 0.05) is 28.0 Å². The Balaban J connectivity index is 2.01. The Morgan fingerprint density at radius 2 is 1.88 bits per heavy atom. The molecule has 0 radical (unpaired) electrons. The van der Waals surface area contributed by atoms with Crippen LogP contribution in [-0.2, 0) is 6.54 Å². The van der Waals surface area contributed by atoms with Gasteiger partial charge in [-0.15, -0.1) is 11.3 Å². The van der Waals surface area contributed by atoms with Gasteiger partial charge in [0.25, 0.3) is 5.69 Å². The van der Waals surface area contributed by atoms with Crippen LogP contribution in [0.5, 0.6) is 0 Å². The van der Waals surface area contributed by atoms with Crippen LogP contribution in [0, 0.1) is 10.1 Å². The van der Waals surface area contributed by atoms with Gasteiger partial charge in [-0.25, -0.2) is 4.79 Å². The van der Waals surface area contributed by atoms with Crippen molar-refractivity contribution in [3.8, 4) is 11.3 Å². The van der Waals surface area contributed by atoms with Crippen molar-refractivity contribution in [3.05, 3.63) is 91.5 Å². The number of aromatic nitrogens is 2. The molecule has 0 saturated carbocycles. The second kappa shape index (κ2) is 6.53. The summed E-state index contributed by atoms with van der Waals surface area (Å²) in [5, 5.41) is 13.7. The molecule has 0 aliphatic rings. The first-order chi connectivity index (χ1) is 12.6. The van der Waals surface area contributed by atoms with Gasteiger partial charge < -0.3 is 0 Å². The molecule has 128 valence electrons. The first-order valence-electron chi connectivity index (χ1n) is 7.90. The molecule has 26 heavy (non-hydrogen) atoms. The Hall–Kier alpha value is -3.32. The quantitative estimate of drug-likeness (QED) is 0.404. The van der Waals surface area contributed by atoms with E-state index in [0.717, 1.165) is 10.4 Å². The van der Waals surface area contributed by atoms with Gasteiger partial charge in [-0.3, -0.25) is 14.7 Å². The van der Waals surface area contributed by atoms with Crippen molar-refractivity contribution in [1.29, 1.82) is 0 Å². The van der Waals surface area contributed by atoms with Crippen LogP contribution in [0.15, 0.2) is 70.8 Å². The highest BCUT2D eigenvalue weighted by atomic mass is 32.1. The Morgan fingerprint density at radius 3 is 2.58 bits per heavy atom. The van der Waals surface area contributed by atoms with Crippen molar-refractivity contribution in [2.75, 3.05) is 0 Å². The maximum absolute atomic E-state index is 12.7. The number of nitrogens with zero attached hydrogens (tertiary/aromatic N) is 3. The molecule has 0 aliphatic heterocycles. The third kappa shape index (κ3) is 2.89. The summed E-state index contributed by atoms with van der Waals surface area (Å²) in [6, 6.07) is 17.6. The molecular weight excluding hydrogens is 350 g/mol. The summed E-state index contributed by atoms with van der Waals surface area (Å²) in [7, 11) is 0. The van der Waals surface area contributed by atoms with Crippen LogP contribution in [0.2, 0.25) is 0 Å². The van der Waals surface area contributed by atoms with E-state index in [1.807, 2.05) is 47.8 Å². The van der Waals surface area contributed by atoms with Gasteiger partial charge in [0.05, 0.1) is 22.7 Å². The average molecular weight is 363 g/mol. The van der Waals surface area contributed by atoms with Crippen LogP contribution >= 0.6 is 11.3 Å². The van der Waals surface area contributed by atoms with Crippen molar-refractivity contribution in [2.45, 2.75) is 6.54 Å². The molecule has 7 heteroatoms. The van der Waals surface area contributed by atoms with E-state index in [1.165, 1.54) is 12.1 Å². The van der Waals surface area contributed by atoms with Crippen LogP contribution < -0.4 is 5.69 Å². The molecule has 0 saturated heterocycles. The van der Waals surface area contributed by atoms with E-state index in [0.29, 0.717) is 23.1 Å². The number of fused-ring (bicyclic) bond motifs is 1. The van der Waals surface area contributed by atoms with Gasteiger partial charge >= 0.3 is 5.69 Å². The molecule has 0 unspecified atom stereocenters. The largest absolute Gasteiger partial charge is 0.348 e. The zero-order valence-electron chi connectivity index (χ0n) is 13.5. The summed E-state index contributed by atoms with van der Waals surface area (Å²) in [5.41, 5.74) is 1.43. The third-order valence-electron chi connectivity index (χ3n) is 4.12. The molecule has 0 N–H and O–H groups in total. The van der Waals surface area contributed by atoms with E-state index in [2.05, 4.69) is 4.98 Å². The number of benzene rings is 2. The lowest BCUT2D eigenvalue weighted by atomic mass is 10.1. The highest BCUT2D eigenvalue weighted by molar-refractivity contribution is 7.09. The maximum Gasteiger partial charge on any atom is 0.348 e. The van der Waals surface area contributed by atoms with Gasteiger partial charge in [0.2, 0.25) is 0 Å². The van der Waals surface area contributed by atoms with Gasteiger partial charge in [-0.1, -0.05) is 36.4 Å². The molecule has 0 spiro atoms. The first-order valence-corrected chi connectivity index (χ1v) is 8.78. The van der Waals surface area contributed by atoms with E-state index < -0.39 is 4.92 Å². The Bertz CT molecular complexity index is 1150. The van der Waals surface area contributed by atoms with Gasteiger partial charge in [-0.2, -0.15) is 4.98 Å². The smallest absolute Gasteiger partial charge is 0.287 e. The first kappa shape index (κ1) is 16.2. The predicted molar refractivity (Wildman–Crippen MR) is 102 cm³/mol. The summed E-state index contributed by atoms with van der Waals surface area (Å²) in [6.45, 7) is 0.382. The lowest BCUT2D eigenvalue weighted by Gasteiger charge is -2.12. The van der Waals surface area contributed by atoms with Crippen molar-refractivity contribution < 1.29 is 4.92 Å². The zero-order chi connectivity index (χ0) is 18.1. The molecule has 2 aromatic carbocycles. The fourth-order valence-electron chi connectivity index (χ4n) is 2.91. The van der Waals surface area contributed by atoms with Crippen LogP contribution in [0.3, 0.4) is 0 Å². The molecule has 0 atom stereocenters. The van der Waals surface area contributed by atoms with Crippen LogP contribution in [-0.4, -0.2) is 14.5 Å². The van der Waals surface area contributed by atoms with Crippen molar-refractivity contribution in [1.82, 2.24) is 9.55 Å². The Kier molecular flexibility index (Phi) is 4.06. The molecule has 2 aromatic heterocycles. The highest BCUT2D eigenvalue weighted by Gasteiger charge is 2.16. The topological polar surface area (TPSA) is 78.0 Å². The van der Waals surface area contributed by atoms with Crippen molar-refractivity contribution in [3.63, 3.8) is 0 Å². The molecular formula is C19H13N3O3S. The lowest BCUT2D eigenvalue weighted by molar-refractivity contribution is -0.384. The second-order valence-corrected chi connectivity index (χ2v) is 6.77. The molecule has 4 rings (SSSR count). The standard InChI is InChI=1S/C19H13N3O3S/c23-19-20-18(13-5-2-1-3-6-13)16-11-14(22(24)25)8-9-17(16)21(19)12-15-7-4-10-26-15/h1-11H,12H2. The average Bonchev–Trinajstić information content (AvgIpc) is 3.17. The third-order valence-corrected chi connectivity index (χ3v) is 4.98. The normalized spacial score (nSPS) is 10.9. The molecule has 4 aromatic rings. The van der Waals surface area contributed by atoms with E-state index in [1.54, 1.807) is 22.0 Å². The molecule has 2 heterocycles. The van der Waals surface area contributed by atoms with E-state index >= 15 is 0 Å². The number of nitro benzene ring substituents is 1. The summed E-state index contributed by atoms with van der Waals surface area (Å²) in [5.74, 6) is 0. The van der Waals surface area contributed by atoms with Crippen molar-refractivity contribution in [2.24, 2.45) is 0 Å². The summed E-state index contributed by atoms with van der Waals surface area (Å²) in [4.78, 5) is 28.7. The summed E-state index contributed by atoms with van der Waals surface area (Å²) >= 11 is 1.55. The Morgan fingerprint density at radius 1 is 1.08 bits per heavy atom. The SMILES string of the molecule is O=c1nc(-c2ccccc2)c2cc([N+](=O)[O-])ccc2n1Cc1cccs1. The molecule has 6 nitrogen and oxygen atoms in total. The number of thiophene rings is 1. The predicted octanol–water partition coefficient (Wildman–Crippen LogP) is 4.08. The minimum absolute atomic E-state index is 0.0298. The molecule has 0 fully saturated rings. The molecule has 0 bridgehead atoms. The number of hydrogen-bond acceptors (Lipinski definition) is 5. The number of non-ortho nitro benzene ring substituents is 1. The summed E-state index contributed by atoms with van der Waals surface area (Å²) < 4.78 is 1.55. The van der Waals surface area contributed by atoms with E-state index in [4.69, 9.17) is 0 Å². The molecule has 0 amide bonds. The number of hydrogen-bond donors (Lipinski definition) is 0.